The van der Waals surface area contributed by atoms with Crippen molar-refractivity contribution in [3.05, 3.63) is 78.4 Å². The molecule has 1 aliphatic rings. The van der Waals surface area contributed by atoms with Gasteiger partial charge >= 0.3 is 6.03 Å². The van der Waals surface area contributed by atoms with E-state index in [-0.39, 0.29) is 18.0 Å². The first-order chi connectivity index (χ1) is 13.6. The quantitative estimate of drug-likeness (QED) is 0.836. The van der Waals surface area contributed by atoms with E-state index in [1.54, 1.807) is 34.1 Å². The summed E-state index contributed by atoms with van der Waals surface area (Å²) in [7, 11) is 0. The number of nitrogens with zero attached hydrogens (tertiary/aromatic N) is 3. The monoisotopic (exact) mass is 374 g/mol. The molecule has 6 heteroatoms. The number of nitriles is 1. The number of carbonyl (C=O) groups is 2. The molecule has 3 rings (SSSR count). The number of benzene rings is 2. The number of hydrogen-bond donors (Lipinski definition) is 1. The average Bonchev–Trinajstić information content (AvgIpc) is 2.74. The van der Waals surface area contributed by atoms with E-state index in [1.165, 1.54) is 6.08 Å². The molecular weight excluding hydrogens is 352 g/mol. The van der Waals surface area contributed by atoms with E-state index >= 15 is 0 Å². The zero-order valence-electron chi connectivity index (χ0n) is 15.5. The second-order valence-electron chi connectivity index (χ2n) is 6.64. The average molecular weight is 374 g/mol. The maximum Gasteiger partial charge on any atom is 0.322 e. The van der Waals surface area contributed by atoms with Crippen molar-refractivity contribution < 1.29 is 9.59 Å². The Balaban J connectivity index is 1.75. The molecule has 0 spiro atoms. The summed E-state index contributed by atoms with van der Waals surface area (Å²) in [6, 6.07) is 18.4. The summed E-state index contributed by atoms with van der Waals surface area (Å²) in [5.41, 5.74) is 2.28. The van der Waals surface area contributed by atoms with Gasteiger partial charge in [0.25, 0.3) is 0 Å². The second-order valence-corrected chi connectivity index (χ2v) is 6.64. The van der Waals surface area contributed by atoms with Crippen LogP contribution in [0, 0.1) is 11.3 Å². The molecule has 28 heavy (non-hydrogen) atoms. The summed E-state index contributed by atoms with van der Waals surface area (Å²) in [6.45, 7) is 4.93. The predicted molar refractivity (Wildman–Crippen MR) is 108 cm³/mol. The Morgan fingerprint density at radius 1 is 1.14 bits per heavy atom. The van der Waals surface area contributed by atoms with E-state index in [1.807, 2.05) is 30.3 Å². The van der Waals surface area contributed by atoms with Crippen molar-refractivity contribution in [2.45, 2.75) is 12.5 Å². The summed E-state index contributed by atoms with van der Waals surface area (Å²) >= 11 is 0. The first-order valence-corrected chi connectivity index (χ1v) is 9.13. The lowest BCUT2D eigenvalue weighted by molar-refractivity contribution is -0.128. The van der Waals surface area contributed by atoms with Crippen molar-refractivity contribution in [1.29, 1.82) is 5.26 Å². The normalized spacial score (nSPS) is 16.2. The molecule has 0 bridgehead atoms. The molecule has 3 amide bonds. The summed E-state index contributed by atoms with van der Waals surface area (Å²) < 4.78 is 0. The third-order valence-corrected chi connectivity index (χ3v) is 4.81. The lowest BCUT2D eigenvalue weighted by Crippen LogP contribution is -2.58. The van der Waals surface area contributed by atoms with Crippen molar-refractivity contribution in [2.24, 2.45) is 0 Å². The summed E-state index contributed by atoms with van der Waals surface area (Å²) in [4.78, 5) is 28.5. The summed E-state index contributed by atoms with van der Waals surface area (Å²) in [5, 5.41) is 11.8. The smallest absolute Gasteiger partial charge is 0.322 e. The molecule has 142 valence electrons. The Labute approximate surface area is 164 Å². The minimum absolute atomic E-state index is 0.120. The number of piperazine rings is 1. The number of rotatable bonds is 4. The van der Waals surface area contributed by atoms with Crippen LogP contribution in [0.25, 0.3) is 0 Å². The first-order valence-electron chi connectivity index (χ1n) is 9.13. The Kier molecular flexibility index (Phi) is 6.07. The summed E-state index contributed by atoms with van der Waals surface area (Å²) in [6.07, 6.45) is 1.97. The molecule has 1 saturated heterocycles. The van der Waals surface area contributed by atoms with Gasteiger partial charge in [-0.1, -0.05) is 36.9 Å². The molecule has 2 aromatic carbocycles. The maximum atomic E-state index is 12.9. The van der Waals surface area contributed by atoms with Crippen molar-refractivity contribution in [1.82, 2.24) is 9.80 Å². The number of amides is 3. The van der Waals surface area contributed by atoms with Gasteiger partial charge in [-0.3, -0.25) is 4.79 Å². The molecule has 6 nitrogen and oxygen atoms in total. The topological polar surface area (TPSA) is 76.4 Å². The van der Waals surface area contributed by atoms with Crippen molar-refractivity contribution >= 4 is 17.6 Å². The molecule has 1 heterocycles. The molecular formula is C22H22N4O2. The zero-order valence-corrected chi connectivity index (χ0v) is 15.5. The van der Waals surface area contributed by atoms with Crippen LogP contribution < -0.4 is 5.32 Å². The highest BCUT2D eigenvalue weighted by Crippen LogP contribution is 2.18. The first kappa shape index (κ1) is 19.2. The standard InChI is InChI=1S/C22H22N4O2/c1-2-21(27)25-12-13-26(20(16-25)14-17-6-4-3-5-7-17)22(28)24-19-10-8-18(15-23)9-11-19/h2-11,20H,1,12-14,16H2,(H,24,28). The lowest BCUT2D eigenvalue weighted by atomic mass is 10.0. The van der Waals surface area contributed by atoms with Crippen LogP contribution in [-0.4, -0.2) is 47.4 Å². The fourth-order valence-corrected chi connectivity index (χ4v) is 3.34. The van der Waals surface area contributed by atoms with Crippen LogP contribution in [0.15, 0.2) is 67.3 Å². The van der Waals surface area contributed by atoms with E-state index in [2.05, 4.69) is 18.0 Å². The van der Waals surface area contributed by atoms with Crippen LogP contribution >= 0.6 is 0 Å². The van der Waals surface area contributed by atoms with Crippen LogP contribution in [0.4, 0.5) is 10.5 Å². The van der Waals surface area contributed by atoms with E-state index in [4.69, 9.17) is 5.26 Å². The second kappa shape index (κ2) is 8.87. The molecule has 0 saturated carbocycles. The molecule has 2 aromatic rings. The van der Waals surface area contributed by atoms with E-state index in [0.29, 0.717) is 37.3 Å². The van der Waals surface area contributed by atoms with Crippen molar-refractivity contribution in [3.8, 4) is 6.07 Å². The van der Waals surface area contributed by atoms with Crippen LogP contribution in [0.2, 0.25) is 0 Å². The molecule has 0 aliphatic carbocycles. The Morgan fingerprint density at radius 2 is 1.86 bits per heavy atom. The Hall–Kier alpha value is -3.59. The highest BCUT2D eigenvalue weighted by Gasteiger charge is 2.32. The molecule has 1 aliphatic heterocycles. The van der Waals surface area contributed by atoms with Gasteiger partial charge in [-0.25, -0.2) is 4.79 Å². The van der Waals surface area contributed by atoms with Gasteiger partial charge in [0.05, 0.1) is 17.7 Å². The largest absolute Gasteiger partial charge is 0.335 e. The molecule has 1 unspecified atom stereocenters. The summed E-state index contributed by atoms with van der Waals surface area (Å²) in [5.74, 6) is -0.120. The van der Waals surface area contributed by atoms with Crippen molar-refractivity contribution in [3.63, 3.8) is 0 Å². The number of hydrogen-bond acceptors (Lipinski definition) is 3. The van der Waals surface area contributed by atoms with Crippen LogP contribution in [0.3, 0.4) is 0 Å². The number of anilines is 1. The molecule has 1 atom stereocenters. The Bertz CT molecular complexity index is 887. The zero-order chi connectivity index (χ0) is 19.9. The predicted octanol–water partition coefficient (Wildman–Crippen LogP) is 3.03. The molecule has 1 N–H and O–H groups in total. The maximum absolute atomic E-state index is 12.9. The van der Waals surface area contributed by atoms with Gasteiger partial charge in [0, 0.05) is 25.3 Å². The minimum atomic E-state index is -0.212. The third-order valence-electron chi connectivity index (χ3n) is 4.81. The van der Waals surface area contributed by atoms with Gasteiger partial charge in [-0.15, -0.1) is 0 Å². The van der Waals surface area contributed by atoms with Crippen LogP contribution in [0.1, 0.15) is 11.1 Å². The fourth-order valence-electron chi connectivity index (χ4n) is 3.34. The number of nitrogens with one attached hydrogen (secondary N) is 1. The van der Waals surface area contributed by atoms with Gasteiger partial charge in [0.2, 0.25) is 5.91 Å². The van der Waals surface area contributed by atoms with Gasteiger partial charge in [-0.05, 0) is 42.3 Å². The molecule has 1 fully saturated rings. The van der Waals surface area contributed by atoms with Gasteiger partial charge in [-0.2, -0.15) is 5.26 Å². The van der Waals surface area contributed by atoms with Crippen LogP contribution in [0.5, 0.6) is 0 Å². The SMILES string of the molecule is C=CC(=O)N1CCN(C(=O)Nc2ccc(C#N)cc2)C(Cc2ccccc2)C1. The number of urea groups is 1. The van der Waals surface area contributed by atoms with E-state index < -0.39 is 0 Å². The number of carbonyl (C=O) groups excluding carboxylic acids is 2. The highest BCUT2D eigenvalue weighted by atomic mass is 16.2. The Morgan fingerprint density at radius 3 is 2.50 bits per heavy atom. The third kappa shape index (κ3) is 4.57. The van der Waals surface area contributed by atoms with Crippen LogP contribution in [-0.2, 0) is 11.2 Å². The van der Waals surface area contributed by atoms with Gasteiger partial charge in [0.15, 0.2) is 0 Å². The van der Waals surface area contributed by atoms with Crippen molar-refractivity contribution in [2.75, 3.05) is 25.0 Å². The van der Waals surface area contributed by atoms with E-state index in [0.717, 1.165) is 5.56 Å². The van der Waals surface area contributed by atoms with E-state index in [9.17, 15) is 9.59 Å². The van der Waals surface area contributed by atoms with Gasteiger partial charge < -0.3 is 15.1 Å². The lowest BCUT2D eigenvalue weighted by Gasteiger charge is -2.41. The highest BCUT2D eigenvalue weighted by molar-refractivity contribution is 5.90. The molecule has 0 radical (unpaired) electrons. The van der Waals surface area contributed by atoms with Gasteiger partial charge in [0.1, 0.15) is 0 Å². The fraction of sp³-hybridized carbons (Fsp3) is 0.227. The molecule has 0 aromatic heterocycles. The minimum Gasteiger partial charge on any atom is -0.335 e.